The molecule has 21 heavy (non-hydrogen) atoms. The van der Waals surface area contributed by atoms with E-state index < -0.39 is 0 Å². The number of hydrogen-bond acceptors (Lipinski definition) is 3. The summed E-state index contributed by atoms with van der Waals surface area (Å²) in [7, 11) is 0. The molecule has 0 bridgehead atoms. The zero-order valence-electron chi connectivity index (χ0n) is 12.1. The molecule has 116 valence electrons. The van der Waals surface area contributed by atoms with E-state index in [4.69, 9.17) is 4.74 Å². The molecule has 4 nitrogen and oxygen atoms in total. The number of benzene rings is 1. The summed E-state index contributed by atoms with van der Waals surface area (Å²) in [6.07, 6.45) is 4.85. The van der Waals surface area contributed by atoms with E-state index in [1.807, 2.05) is 18.2 Å². The summed E-state index contributed by atoms with van der Waals surface area (Å²) in [5.41, 5.74) is 1.18. The van der Waals surface area contributed by atoms with Crippen molar-refractivity contribution in [1.29, 1.82) is 0 Å². The number of para-hydroxylation sites is 1. The predicted octanol–water partition coefficient (Wildman–Crippen LogP) is 2.06. The van der Waals surface area contributed by atoms with Crippen molar-refractivity contribution in [3.05, 3.63) is 29.8 Å². The largest absolute Gasteiger partial charge is 0.491 e. The standard InChI is InChI=1S/C16H22N2O2.ClH/c19-16(8-7-13-5-3-9-17-13)18-14-10-12-4-1-2-6-15(12)20-11-14;/h1-2,4,6,13-14,17H,3,5,7-11H2,(H,18,19);1H. The maximum Gasteiger partial charge on any atom is 0.220 e. The summed E-state index contributed by atoms with van der Waals surface area (Å²) < 4.78 is 5.69. The fourth-order valence-corrected chi connectivity index (χ4v) is 3.03. The van der Waals surface area contributed by atoms with Crippen molar-refractivity contribution in [2.45, 2.75) is 44.2 Å². The van der Waals surface area contributed by atoms with Gasteiger partial charge in [-0.3, -0.25) is 4.79 Å². The molecule has 0 radical (unpaired) electrons. The summed E-state index contributed by atoms with van der Waals surface area (Å²) in [5, 5.41) is 6.52. The zero-order chi connectivity index (χ0) is 13.8. The number of nitrogens with one attached hydrogen (secondary N) is 2. The Morgan fingerprint density at radius 1 is 1.38 bits per heavy atom. The molecule has 1 fully saturated rings. The molecule has 1 saturated heterocycles. The number of rotatable bonds is 4. The number of hydrogen-bond donors (Lipinski definition) is 2. The molecular formula is C16H23ClN2O2. The topological polar surface area (TPSA) is 50.4 Å². The van der Waals surface area contributed by atoms with Crippen LogP contribution >= 0.6 is 12.4 Å². The Morgan fingerprint density at radius 3 is 3.05 bits per heavy atom. The number of carbonyl (C=O) groups excluding carboxylic acids is 1. The van der Waals surface area contributed by atoms with Gasteiger partial charge in [0.25, 0.3) is 0 Å². The summed E-state index contributed by atoms with van der Waals surface area (Å²) in [5.74, 6) is 1.10. The van der Waals surface area contributed by atoms with Crippen LogP contribution in [-0.2, 0) is 11.2 Å². The first-order chi connectivity index (χ1) is 9.81. The summed E-state index contributed by atoms with van der Waals surface area (Å²) in [4.78, 5) is 12.0. The van der Waals surface area contributed by atoms with Gasteiger partial charge in [-0.25, -0.2) is 0 Å². The number of ether oxygens (including phenoxy) is 1. The van der Waals surface area contributed by atoms with Gasteiger partial charge in [-0.15, -0.1) is 12.4 Å². The molecule has 2 aliphatic rings. The van der Waals surface area contributed by atoms with Gasteiger partial charge in [0, 0.05) is 12.5 Å². The highest BCUT2D eigenvalue weighted by molar-refractivity contribution is 5.85. The van der Waals surface area contributed by atoms with Crippen LogP contribution in [0.2, 0.25) is 0 Å². The highest BCUT2D eigenvalue weighted by atomic mass is 35.5. The van der Waals surface area contributed by atoms with Crippen LogP contribution in [0.15, 0.2) is 24.3 Å². The fourth-order valence-electron chi connectivity index (χ4n) is 3.03. The Bertz CT molecular complexity index is 475. The lowest BCUT2D eigenvalue weighted by Crippen LogP contribution is -2.43. The molecule has 2 heterocycles. The molecule has 0 aliphatic carbocycles. The smallest absolute Gasteiger partial charge is 0.220 e. The van der Waals surface area contributed by atoms with Crippen molar-refractivity contribution in [1.82, 2.24) is 10.6 Å². The molecule has 2 aliphatic heterocycles. The molecule has 0 saturated carbocycles. The van der Waals surface area contributed by atoms with Gasteiger partial charge in [0.05, 0.1) is 6.04 Å². The fraction of sp³-hybridized carbons (Fsp3) is 0.562. The number of fused-ring (bicyclic) bond motifs is 1. The summed E-state index contributed by atoms with van der Waals surface area (Å²) >= 11 is 0. The minimum absolute atomic E-state index is 0. The van der Waals surface area contributed by atoms with E-state index in [-0.39, 0.29) is 24.4 Å². The molecule has 1 aromatic rings. The van der Waals surface area contributed by atoms with Crippen molar-refractivity contribution in [3.8, 4) is 5.75 Å². The van der Waals surface area contributed by atoms with Gasteiger partial charge in [-0.2, -0.15) is 0 Å². The van der Waals surface area contributed by atoms with Crippen molar-refractivity contribution in [2.75, 3.05) is 13.2 Å². The van der Waals surface area contributed by atoms with Crippen LogP contribution in [0.4, 0.5) is 0 Å². The lowest BCUT2D eigenvalue weighted by molar-refractivity contribution is -0.122. The highest BCUT2D eigenvalue weighted by Gasteiger charge is 2.21. The van der Waals surface area contributed by atoms with E-state index in [0.29, 0.717) is 19.1 Å². The van der Waals surface area contributed by atoms with E-state index in [2.05, 4.69) is 16.7 Å². The lowest BCUT2D eigenvalue weighted by atomic mass is 10.0. The van der Waals surface area contributed by atoms with Gasteiger partial charge < -0.3 is 15.4 Å². The Morgan fingerprint density at radius 2 is 2.24 bits per heavy atom. The number of amides is 1. The number of carbonyl (C=O) groups is 1. The van der Waals surface area contributed by atoms with Gasteiger partial charge in [0.15, 0.2) is 0 Å². The molecule has 2 unspecified atom stereocenters. The third-order valence-electron chi connectivity index (χ3n) is 4.13. The van der Waals surface area contributed by atoms with Crippen LogP contribution < -0.4 is 15.4 Å². The quantitative estimate of drug-likeness (QED) is 0.895. The number of halogens is 1. The average Bonchev–Trinajstić information content (AvgIpc) is 2.98. The highest BCUT2D eigenvalue weighted by Crippen LogP contribution is 2.23. The Balaban J connectivity index is 0.00000161. The molecule has 0 spiro atoms. The molecule has 3 rings (SSSR count). The average molecular weight is 311 g/mol. The maximum absolute atomic E-state index is 12.0. The Labute approximate surface area is 132 Å². The molecular weight excluding hydrogens is 288 g/mol. The molecule has 5 heteroatoms. The normalized spacial score (nSPS) is 23.6. The van der Waals surface area contributed by atoms with E-state index in [9.17, 15) is 4.79 Å². The first-order valence-electron chi connectivity index (χ1n) is 7.55. The van der Waals surface area contributed by atoms with Crippen LogP contribution in [-0.4, -0.2) is 31.1 Å². The molecule has 1 amide bonds. The van der Waals surface area contributed by atoms with Crippen molar-refractivity contribution < 1.29 is 9.53 Å². The van der Waals surface area contributed by atoms with Gasteiger partial charge in [0.1, 0.15) is 12.4 Å². The third-order valence-corrected chi connectivity index (χ3v) is 4.13. The second kappa shape index (κ2) is 7.66. The van der Waals surface area contributed by atoms with E-state index in [0.717, 1.165) is 25.1 Å². The molecule has 0 aromatic heterocycles. The van der Waals surface area contributed by atoms with Gasteiger partial charge in [-0.05, 0) is 43.9 Å². The van der Waals surface area contributed by atoms with Crippen LogP contribution in [0.25, 0.3) is 0 Å². The van der Waals surface area contributed by atoms with E-state index >= 15 is 0 Å². The zero-order valence-corrected chi connectivity index (χ0v) is 13.0. The summed E-state index contributed by atoms with van der Waals surface area (Å²) in [6, 6.07) is 8.68. The van der Waals surface area contributed by atoms with Crippen LogP contribution in [0.3, 0.4) is 0 Å². The monoisotopic (exact) mass is 310 g/mol. The van der Waals surface area contributed by atoms with Crippen molar-refractivity contribution >= 4 is 18.3 Å². The maximum atomic E-state index is 12.0. The summed E-state index contributed by atoms with van der Waals surface area (Å²) in [6.45, 7) is 1.67. The lowest BCUT2D eigenvalue weighted by Gasteiger charge is -2.26. The first kappa shape index (κ1) is 16.1. The van der Waals surface area contributed by atoms with E-state index in [1.165, 1.54) is 18.4 Å². The molecule has 1 aromatic carbocycles. The van der Waals surface area contributed by atoms with Crippen LogP contribution in [0, 0.1) is 0 Å². The van der Waals surface area contributed by atoms with Gasteiger partial charge in [-0.1, -0.05) is 18.2 Å². The second-order valence-electron chi connectivity index (χ2n) is 5.72. The Kier molecular flexibility index (Phi) is 5.88. The SMILES string of the molecule is Cl.O=C(CCC1CCCN1)NC1COc2ccccc2C1. The minimum atomic E-state index is 0. The van der Waals surface area contributed by atoms with Crippen LogP contribution in [0.5, 0.6) is 5.75 Å². The van der Waals surface area contributed by atoms with Gasteiger partial charge in [0.2, 0.25) is 5.91 Å². The van der Waals surface area contributed by atoms with Gasteiger partial charge >= 0.3 is 0 Å². The third kappa shape index (κ3) is 4.35. The van der Waals surface area contributed by atoms with Crippen molar-refractivity contribution in [2.24, 2.45) is 0 Å². The minimum Gasteiger partial charge on any atom is -0.491 e. The first-order valence-corrected chi connectivity index (χ1v) is 7.55. The Hall–Kier alpha value is -1.26. The molecule has 2 N–H and O–H groups in total. The van der Waals surface area contributed by atoms with E-state index in [1.54, 1.807) is 0 Å². The predicted molar refractivity (Wildman–Crippen MR) is 85.1 cm³/mol. The second-order valence-corrected chi connectivity index (χ2v) is 5.72. The molecule has 2 atom stereocenters. The van der Waals surface area contributed by atoms with Crippen molar-refractivity contribution in [3.63, 3.8) is 0 Å². The van der Waals surface area contributed by atoms with Crippen LogP contribution in [0.1, 0.15) is 31.2 Å².